The summed E-state index contributed by atoms with van der Waals surface area (Å²) in [4.78, 5) is 23.5. The van der Waals surface area contributed by atoms with Crippen LogP contribution in [0.4, 0.5) is 23.0 Å². The van der Waals surface area contributed by atoms with Gasteiger partial charge in [0.1, 0.15) is 23.1 Å². The van der Waals surface area contributed by atoms with Crippen LogP contribution < -0.4 is 15.5 Å². The summed E-state index contributed by atoms with van der Waals surface area (Å²) in [6.07, 6.45) is 3.81. The lowest BCUT2D eigenvalue weighted by Crippen LogP contribution is -2.29. The SMILES string of the molecule is Cc1nc(Nc2ccc(N3CCCCC3)cc2)cc(C(=O)Nc2cc(C)on2)n1. The van der Waals surface area contributed by atoms with E-state index in [0.29, 0.717) is 23.2 Å². The first-order valence-corrected chi connectivity index (χ1v) is 9.79. The number of aryl methyl sites for hydroxylation is 2. The molecule has 0 bridgehead atoms. The number of nitrogens with zero attached hydrogens (tertiary/aromatic N) is 4. The van der Waals surface area contributed by atoms with Gasteiger partial charge >= 0.3 is 0 Å². The third kappa shape index (κ3) is 4.71. The van der Waals surface area contributed by atoms with Gasteiger partial charge in [-0.2, -0.15) is 0 Å². The molecule has 2 aromatic heterocycles. The molecule has 1 aliphatic heterocycles. The zero-order valence-electron chi connectivity index (χ0n) is 16.6. The molecule has 29 heavy (non-hydrogen) atoms. The van der Waals surface area contributed by atoms with Crippen LogP contribution in [-0.2, 0) is 0 Å². The largest absolute Gasteiger partial charge is 0.372 e. The Morgan fingerprint density at radius 1 is 1.00 bits per heavy atom. The molecule has 3 aromatic rings. The molecular formula is C21H24N6O2. The summed E-state index contributed by atoms with van der Waals surface area (Å²) >= 11 is 0. The predicted octanol–water partition coefficient (Wildman–Crippen LogP) is 4.07. The van der Waals surface area contributed by atoms with Gasteiger partial charge in [0.25, 0.3) is 5.91 Å². The van der Waals surface area contributed by atoms with Gasteiger partial charge in [0.05, 0.1) is 0 Å². The van der Waals surface area contributed by atoms with Crippen LogP contribution in [-0.4, -0.2) is 34.1 Å². The third-order valence-electron chi connectivity index (χ3n) is 4.80. The fourth-order valence-corrected chi connectivity index (χ4v) is 3.41. The Morgan fingerprint density at radius 2 is 1.76 bits per heavy atom. The van der Waals surface area contributed by atoms with Crippen LogP contribution in [0.1, 0.15) is 41.3 Å². The van der Waals surface area contributed by atoms with Crippen molar-refractivity contribution in [2.45, 2.75) is 33.1 Å². The summed E-state index contributed by atoms with van der Waals surface area (Å²) in [5.41, 5.74) is 2.39. The molecule has 0 saturated carbocycles. The molecule has 8 nitrogen and oxygen atoms in total. The van der Waals surface area contributed by atoms with Gasteiger partial charge in [-0.25, -0.2) is 9.97 Å². The smallest absolute Gasteiger partial charge is 0.275 e. The molecule has 8 heteroatoms. The minimum absolute atomic E-state index is 0.255. The Kier molecular flexibility index (Phi) is 5.41. The fourth-order valence-electron chi connectivity index (χ4n) is 3.41. The maximum atomic E-state index is 12.5. The van der Waals surface area contributed by atoms with Crippen molar-refractivity contribution in [3.05, 3.63) is 53.7 Å². The minimum atomic E-state index is -0.368. The Balaban J connectivity index is 1.46. The van der Waals surface area contributed by atoms with Crippen LogP contribution in [0, 0.1) is 13.8 Å². The average molecular weight is 392 g/mol. The van der Waals surface area contributed by atoms with E-state index in [9.17, 15) is 4.79 Å². The van der Waals surface area contributed by atoms with E-state index in [-0.39, 0.29) is 11.6 Å². The second kappa shape index (κ2) is 8.30. The summed E-state index contributed by atoms with van der Waals surface area (Å²) in [6, 6.07) is 11.5. The van der Waals surface area contributed by atoms with Gasteiger partial charge in [0.2, 0.25) is 0 Å². The summed E-state index contributed by atoms with van der Waals surface area (Å²) in [6.45, 7) is 5.74. The average Bonchev–Trinajstić information content (AvgIpc) is 3.13. The number of rotatable bonds is 5. The molecule has 150 valence electrons. The quantitative estimate of drug-likeness (QED) is 0.676. The molecule has 1 amide bonds. The van der Waals surface area contributed by atoms with Crippen molar-refractivity contribution in [2.24, 2.45) is 0 Å². The Hall–Kier alpha value is -3.42. The molecular weight excluding hydrogens is 368 g/mol. The van der Waals surface area contributed by atoms with Crippen molar-refractivity contribution >= 4 is 28.9 Å². The fraction of sp³-hybridized carbons (Fsp3) is 0.333. The van der Waals surface area contributed by atoms with Crippen LogP contribution in [0.5, 0.6) is 0 Å². The van der Waals surface area contributed by atoms with Crippen molar-refractivity contribution in [1.29, 1.82) is 0 Å². The zero-order valence-corrected chi connectivity index (χ0v) is 16.6. The molecule has 0 atom stereocenters. The number of carbonyl (C=O) groups excluding carboxylic acids is 1. The molecule has 3 heterocycles. The van der Waals surface area contributed by atoms with Gasteiger partial charge in [-0.05, 0) is 57.4 Å². The monoisotopic (exact) mass is 392 g/mol. The van der Waals surface area contributed by atoms with Gasteiger partial charge in [0.15, 0.2) is 5.82 Å². The van der Waals surface area contributed by atoms with E-state index in [4.69, 9.17) is 4.52 Å². The third-order valence-corrected chi connectivity index (χ3v) is 4.80. The predicted molar refractivity (Wildman–Crippen MR) is 112 cm³/mol. The highest BCUT2D eigenvalue weighted by Crippen LogP contribution is 2.23. The van der Waals surface area contributed by atoms with Crippen molar-refractivity contribution in [1.82, 2.24) is 15.1 Å². The molecule has 0 unspecified atom stereocenters. The van der Waals surface area contributed by atoms with Gasteiger partial charge in [-0.3, -0.25) is 4.79 Å². The highest BCUT2D eigenvalue weighted by atomic mass is 16.5. The molecule has 2 N–H and O–H groups in total. The van der Waals surface area contributed by atoms with E-state index in [1.165, 1.54) is 24.9 Å². The molecule has 1 saturated heterocycles. The van der Waals surface area contributed by atoms with E-state index in [2.05, 4.69) is 42.8 Å². The summed E-state index contributed by atoms with van der Waals surface area (Å²) in [7, 11) is 0. The van der Waals surface area contributed by atoms with Gasteiger partial charge in [0, 0.05) is 36.6 Å². The normalized spacial score (nSPS) is 13.9. The van der Waals surface area contributed by atoms with Crippen LogP contribution in [0.3, 0.4) is 0 Å². The van der Waals surface area contributed by atoms with Crippen molar-refractivity contribution < 1.29 is 9.32 Å². The second-order valence-corrected chi connectivity index (χ2v) is 7.18. The van der Waals surface area contributed by atoms with E-state index < -0.39 is 0 Å². The zero-order chi connectivity index (χ0) is 20.2. The summed E-state index contributed by atoms with van der Waals surface area (Å²) < 4.78 is 4.97. The number of hydrogen-bond acceptors (Lipinski definition) is 7. The molecule has 1 aromatic carbocycles. The number of carbonyl (C=O) groups is 1. The number of nitrogens with one attached hydrogen (secondary N) is 2. The molecule has 0 radical (unpaired) electrons. The van der Waals surface area contributed by atoms with Crippen molar-refractivity contribution in [3.8, 4) is 0 Å². The first-order chi connectivity index (χ1) is 14.1. The van der Waals surface area contributed by atoms with Gasteiger partial charge < -0.3 is 20.1 Å². The topological polar surface area (TPSA) is 96.2 Å². The Morgan fingerprint density at radius 3 is 2.45 bits per heavy atom. The second-order valence-electron chi connectivity index (χ2n) is 7.18. The first-order valence-electron chi connectivity index (χ1n) is 9.79. The van der Waals surface area contributed by atoms with Gasteiger partial charge in [-0.1, -0.05) is 5.16 Å². The maximum Gasteiger partial charge on any atom is 0.275 e. The summed E-state index contributed by atoms with van der Waals surface area (Å²) in [5, 5.41) is 9.70. The van der Waals surface area contributed by atoms with Crippen LogP contribution in [0.25, 0.3) is 0 Å². The number of piperidine rings is 1. The molecule has 0 spiro atoms. The highest BCUT2D eigenvalue weighted by Gasteiger charge is 2.14. The summed E-state index contributed by atoms with van der Waals surface area (Å²) in [5.74, 6) is 1.67. The van der Waals surface area contributed by atoms with Crippen LogP contribution in [0.2, 0.25) is 0 Å². The number of benzene rings is 1. The van der Waals surface area contributed by atoms with Crippen molar-refractivity contribution in [3.63, 3.8) is 0 Å². The molecule has 0 aliphatic carbocycles. The number of hydrogen-bond donors (Lipinski definition) is 2. The number of amides is 1. The minimum Gasteiger partial charge on any atom is -0.372 e. The lowest BCUT2D eigenvalue weighted by atomic mass is 10.1. The standard InChI is InChI=1S/C21H24N6O2/c1-14-12-20(26-29-14)25-21(28)18-13-19(23-15(2)22-18)24-16-6-8-17(9-7-16)27-10-4-3-5-11-27/h6-9,12-13H,3-5,10-11H2,1-2H3,(H,22,23,24)(H,25,26,28). The first kappa shape index (κ1) is 18.9. The Labute approximate surface area is 169 Å². The highest BCUT2D eigenvalue weighted by molar-refractivity contribution is 6.02. The molecule has 1 aliphatic rings. The van der Waals surface area contributed by atoms with Crippen molar-refractivity contribution in [2.75, 3.05) is 28.6 Å². The van der Waals surface area contributed by atoms with E-state index >= 15 is 0 Å². The molecule has 1 fully saturated rings. The van der Waals surface area contributed by atoms with E-state index in [1.54, 1.807) is 26.0 Å². The van der Waals surface area contributed by atoms with Crippen LogP contribution >= 0.6 is 0 Å². The lowest BCUT2D eigenvalue weighted by Gasteiger charge is -2.28. The van der Waals surface area contributed by atoms with E-state index in [0.717, 1.165) is 18.8 Å². The van der Waals surface area contributed by atoms with Gasteiger partial charge in [-0.15, -0.1) is 0 Å². The number of anilines is 4. The van der Waals surface area contributed by atoms with Crippen LogP contribution in [0.15, 0.2) is 40.9 Å². The molecule has 4 rings (SSSR count). The number of aromatic nitrogens is 3. The lowest BCUT2D eigenvalue weighted by molar-refractivity contribution is 0.102. The van der Waals surface area contributed by atoms with E-state index in [1.807, 2.05) is 12.1 Å². The maximum absolute atomic E-state index is 12.5. The Bertz CT molecular complexity index is 993.